The molecule has 0 aliphatic carbocycles. The van der Waals surface area contributed by atoms with Crippen LogP contribution in [0, 0.1) is 42.9 Å². The Labute approximate surface area is 141 Å². The van der Waals surface area contributed by atoms with Crippen LogP contribution in [0.25, 0.3) is 22.3 Å². The predicted octanol–water partition coefficient (Wildman–Crippen LogP) is 6.33. The Hall–Kier alpha value is -2.69. The third-order valence-corrected chi connectivity index (χ3v) is 3.94. The van der Waals surface area contributed by atoms with Gasteiger partial charge in [-0.25, -0.2) is 22.0 Å². The minimum atomic E-state index is -1.53. The van der Waals surface area contributed by atoms with E-state index in [2.05, 4.69) is 0 Å². The van der Waals surface area contributed by atoms with Crippen LogP contribution in [0.2, 0.25) is 0 Å². The molecule has 3 aromatic carbocycles. The van der Waals surface area contributed by atoms with E-state index < -0.39 is 29.1 Å². The molecule has 0 unspecified atom stereocenters. The summed E-state index contributed by atoms with van der Waals surface area (Å²) in [6.45, 7) is 3.21. The van der Waals surface area contributed by atoms with Gasteiger partial charge in [0.1, 0.15) is 0 Å². The normalized spacial score (nSPS) is 11.0. The van der Waals surface area contributed by atoms with Gasteiger partial charge in [0, 0.05) is 0 Å². The molecule has 0 fully saturated rings. The van der Waals surface area contributed by atoms with Crippen LogP contribution in [0.15, 0.2) is 42.5 Å². The van der Waals surface area contributed by atoms with Crippen molar-refractivity contribution < 1.29 is 22.0 Å². The van der Waals surface area contributed by atoms with Crippen LogP contribution in [-0.4, -0.2) is 0 Å². The third kappa shape index (κ3) is 3.27. The average molecular weight is 348 g/mol. The van der Waals surface area contributed by atoms with Gasteiger partial charge < -0.3 is 0 Å². The Balaban J connectivity index is 2.17. The van der Waals surface area contributed by atoms with E-state index in [1.54, 1.807) is 25.1 Å². The zero-order chi connectivity index (χ0) is 18.3. The molecule has 0 heterocycles. The largest absolute Gasteiger partial charge is 0.204 e. The quantitative estimate of drug-likeness (QED) is 0.375. The highest BCUT2D eigenvalue weighted by Gasteiger charge is 2.14. The number of aryl methyl sites for hydroxylation is 2. The fourth-order valence-corrected chi connectivity index (χ4v) is 2.73. The van der Waals surface area contributed by atoms with Crippen LogP contribution in [0.1, 0.15) is 11.1 Å². The zero-order valence-corrected chi connectivity index (χ0v) is 13.4. The highest BCUT2D eigenvalue weighted by Crippen LogP contribution is 2.31. The molecule has 0 aromatic heterocycles. The van der Waals surface area contributed by atoms with Crippen molar-refractivity contribution in [3.8, 4) is 22.3 Å². The van der Waals surface area contributed by atoms with Crippen LogP contribution in [-0.2, 0) is 0 Å². The van der Waals surface area contributed by atoms with Gasteiger partial charge in [-0.2, -0.15) is 0 Å². The minimum absolute atomic E-state index is 0.150. The van der Waals surface area contributed by atoms with Crippen molar-refractivity contribution in [2.75, 3.05) is 0 Å². The smallest absolute Gasteiger partial charge is 0.194 e. The number of rotatable bonds is 2. The van der Waals surface area contributed by atoms with Gasteiger partial charge in [0.2, 0.25) is 0 Å². The molecule has 3 aromatic rings. The maximum Gasteiger partial charge on any atom is 0.194 e. The zero-order valence-electron chi connectivity index (χ0n) is 13.4. The second-order valence-corrected chi connectivity index (χ2v) is 5.93. The van der Waals surface area contributed by atoms with E-state index in [1.807, 2.05) is 0 Å². The Morgan fingerprint density at radius 1 is 0.480 bits per heavy atom. The molecule has 0 radical (unpaired) electrons. The average Bonchev–Trinajstić information content (AvgIpc) is 2.56. The molecule has 0 atom stereocenters. The number of benzene rings is 3. The highest BCUT2D eigenvalue weighted by molar-refractivity contribution is 5.74. The second kappa shape index (κ2) is 6.31. The lowest BCUT2D eigenvalue weighted by Crippen LogP contribution is -1.94. The van der Waals surface area contributed by atoms with E-state index in [4.69, 9.17) is 0 Å². The summed E-state index contributed by atoms with van der Waals surface area (Å²) in [6, 6.07) is 9.34. The second-order valence-electron chi connectivity index (χ2n) is 5.93. The SMILES string of the molecule is Cc1cc(-c2cc(C)c(F)c(F)c2)cc(-c2cc(F)c(F)c(F)c2)c1. The molecule has 0 nitrogen and oxygen atoms in total. The fourth-order valence-electron chi connectivity index (χ4n) is 2.73. The van der Waals surface area contributed by atoms with Gasteiger partial charge in [0.15, 0.2) is 29.1 Å². The molecular formula is C20H13F5. The molecule has 0 saturated heterocycles. The van der Waals surface area contributed by atoms with Crippen molar-refractivity contribution in [1.82, 2.24) is 0 Å². The van der Waals surface area contributed by atoms with E-state index in [0.29, 0.717) is 16.7 Å². The summed E-state index contributed by atoms with van der Waals surface area (Å²) in [5.41, 5.74) is 2.49. The Morgan fingerprint density at radius 2 is 0.880 bits per heavy atom. The summed E-state index contributed by atoms with van der Waals surface area (Å²) >= 11 is 0. The summed E-state index contributed by atoms with van der Waals surface area (Å²) in [7, 11) is 0. The van der Waals surface area contributed by atoms with Crippen molar-refractivity contribution in [3.63, 3.8) is 0 Å². The highest BCUT2D eigenvalue weighted by atomic mass is 19.2. The van der Waals surface area contributed by atoms with Crippen molar-refractivity contribution >= 4 is 0 Å². The van der Waals surface area contributed by atoms with Crippen molar-refractivity contribution in [3.05, 3.63) is 82.7 Å². The van der Waals surface area contributed by atoms with Crippen LogP contribution >= 0.6 is 0 Å². The fraction of sp³-hybridized carbons (Fsp3) is 0.100. The Morgan fingerprint density at radius 3 is 1.36 bits per heavy atom. The van der Waals surface area contributed by atoms with Gasteiger partial charge in [0.05, 0.1) is 0 Å². The molecule has 0 aliphatic heterocycles. The van der Waals surface area contributed by atoms with Gasteiger partial charge in [-0.3, -0.25) is 0 Å². The summed E-state index contributed by atoms with van der Waals surface area (Å²) in [5.74, 6) is -6.01. The first-order valence-electron chi connectivity index (χ1n) is 7.49. The molecule has 128 valence electrons. The summed E-state index contributed by atoms with van der Waals surface area (Å²) < 4.78 is 67.3. The minimum Gasteiger partial charge on any atom is -0.204 e. The van der Waals surface area contributed by atoms with E-state index >= 15 is 0 Å². The first-order valence-corrected chi connectivity index (χ1v) is 7.49. The maximum atomic E-state index is 13.7. The molecule has 0 N–H and O–H groups in total. The monoisotopic (exact) mass is 348 g/mol. The third-order valence-electron chi connectivity index (χ3n) is 3.94. The Bertz CT molecular complexity index is 854. The van der Waals surface area contributed by atoms with Gasteiger partial charge >= 0.3 is 0 Å². The molecule has 0 amide bonds. The van der Waals surface area contributed by atoms with Gasteiger partial charge in [0.25, 0.3) is 0 Å². The van der Waals surface area contributed by atoms with E-state index in [0.717, 1.165) is 23.8 Å². The van der Waals surface area contributed by atoms with Crippen LogP contribution in [0.5, 0.6) is 0 Å². The number of hydrogen-bond donors (Lipinski definition) is 0. The van der Waals surface area contributed by atoms with Gasteiger partial charge in [-0.05, 0) is 77.6 Å². The molecule has 0 spiro atoms. The van der Waals surface area contributed by atoms with Crippen molar-refractivity contribution in [1.29, 1.82) is 0 Å². The van der Waals surface area contributed by atoms with E-state index in [1.165, 1.54) is 13.0 Å². The van der Waals surface area contributed by atoms with Crippen molar-refractivity contribution in [2.45, 2.75) is 13.8 Å². The molecule has 5 heteroatoms. The number of halogens is 5. The van der Waals surface area contributed by atoms with E-state index in [9.17, 15) is 22.0 Å². The van der Waals surface area contributed by atoms with Gasteiger partial charge in [-0.15, -0.1) is 0 Å². The molecule has 3 rings (SSSR count). The van der Waals surface area contributed by atoms with Crippen LogP contribution in [0.3, 0.4) is 0 Å². The number of hydrogen-bond acceptors (Lipinski definition) is 0. The molecule has 0 saturated carbocycles. The first kappa shape index (κ1) is 17.1. The predicted molar refractivity (Wildman–Crippen MR) is 86.6 cm³/mol. The maximum absolute atomic E-state index is 13.7. The summed E-state index contributed by atoms with van der Waals surface area (Å²) in [5, 5.41) is 0. The van der Waals surface area contributed by atoms with Crippen LogP contribution < -0.4 is 0 Å². The molecular weight excluding hydrogens is 335 g/mol. The topological polar surface area (TPSA) is 0 Å². The summed E-state index contributed by atoms with van der Waals surface area (Å²) in [6.07, 6.45) is 0. The standard InChI is InChI=1S/C20H13F5/c1-10-3-12(14-5-11(2)19(24)16(21)7-14)6-13(4-10)15-8-17(22)20(25)18(23)9-15/h3-9H,1-2H3. The molecule has 0 bridgehead atoms. The first-order chi connectivity index (χ1) is 11.8. The van der Waals surface area contributed by atoms with E-state index in [-0.39, 0.29) is 11.1 Å². The van der Waals surface area contributed by atoms with Gasteiger partial charge in [-0.1, -0.05) is 12.1 Å². The summed E-state index contributed by atoms with van der Waals surface area (Å²) in [4.78, 5) is 0. The molecule has 0 aliphatic rings. The molecule has 25 heavy (non-hydrogen) atoms. The van der Waals surface area contributed by atoms with Crippen LogP contribution in [0.4, 0.5) is 22.0 Å². The Kier molecular flexibility index (Phi) is 4.33. The lowest BCUT2D eigenvalue weighted by molar-refractivity contribution is 0.448. The van der Waals surface area contributed by atoms with Crippen molar-refractivity contribution in [2.24, 2.45) is 0 Å². The lowest BCUT2D eigenvalue weighted by Gasteiger charge is -2.11. The lowest BCUT2D eigenvalue weighted by atomic mass is 9.95.